The summed E-state index contributed by atoms with van der Waals surface area (Å²) in [7, 11) is 0. The molecule has 0 saturated carbocycles. The Morgan fingerprint density at radius 1 is 1.45 bits per heavy atom. The van der Waals surface area contributed by atoms with Gasteiger partial charge in [-0.05, 0) is 44.3 Å². The van der Waals surface area contributed by atoms with Gasteiger partial charge in [-0.25, -0.2) is 0 Å². The second-order valence-electron chi connectivity index (χ2n) is 5.61. The molecule has 0 bridgehead atoms. The summed E-state index contributed by atoms with van der Waals surface area (Å²) in [6.45, 7) is 5.28. The lowest BCUT2D eigenvalue weighted by molar-refractivity contribution is -0.136. The van der Waals surface area contributed by atoms with Gasteiger partial charge in [0.15, 0.2) is 0 Å². The molecular formula is C16H24N2O2. The molecule has 2 atom stereocenters. The van der Waals surface area contributed by atoms with Crippen LogP contribution in [0.5, 0.6) is 0 Å². The number of likely N-dealkylation sites (tertiary alicyclic amines) is 1. The number of aliphatic carboxylic acids is 1. The predicted octanol–water partition coefficient (Wildman–Crippen LogP) is 2.13. The predicted molar refractivity (Wildman–Crippen MR) is 79.7 cm³/mol. The molecule has 1 aliphatic heterocycles. The fourth-order valence-electron chi connectivity index (χ4n) is 2.94. The molecule has 1 aromatic rings. The third-order valence-electron chi connectivity index (χ3n) is 4.09. The zero-order valence-corrected chi connectivity index (χ0v) is 12.1. The maximum atomic E-state index is 10.5. The van der Waals surface area contributed by atoms with Gasteiger partial charge in [0.25, 0.3) is 0 Å². The number of nitrogens with zero attached hydrogens (tertiary/aromatic N) is 1. The first-order valence-electron chi connectivity index (χ1n) is 7.38. The summed E-state index contributed by atoms with van der Waals surface area (Å²) in [5, 5.41) is 11.7. The van der Waals surface area contributed by atoms with Crippen LogP contribution in [-0.2, 0) is 4.79 Å². The summed E-state index contributed by atoms with van der Waals surface area (Å²) >= 11 is 0. The lowest BCUT2D eigenvalue weighted by Gasteiger charge is -2.37. The van der Waals surface area contributed by atoms with Crippen LogP contribution >= 0.6 is 0 Å². The fraction of sp³-hybridized carbons (Fsp3) is 0.562. The molecule has 0 radical (unpaired) electrons. The molecule has 1 aliphatic rings. The lowest BCUT2D eigenvalue weighted by atomic mass is 9.95. The third kappa shape index (κ3) is 4.32. The van der Waals surface area contributed by atoms with Crippen LogP contribution in [0.1, 0.15) is 31.4 Å². The maximum absolute atomic E-state index is 10.5. The smallest absolute Gasteiger partial charge is 0.317 e. The molecular weight excluding hydrogens is 252 g/mol. The van der Waals surface area contributed by atoms with E-state index in [0.717, 1.165) is 19.6 Å². The van der Waals surface area contributed by atoms with Gasteiger partial charge in [0.1, 0.15) is 0 Å². The number of hydrogen-bond acceptors (Lipinski definition) is 3. The number of carbonyl (C=O) groups is 1. The van der Waals surface area contributed by atoms with Gasteiger partial charge >= 0.3 is 5.97 Å². The highest BCUT2D eigenvalue weighted by atomic mass is 16.4. The summed E-state index contributed by atoms with van der Waals surface area (Å²) < 4.78 is 0. The van der Waals surface area contributed by atoms with E-state index in [9.17, 15) is 4.79 Å². The average molecular weight is 276 g/mol. The number of benzene rings is 1. The van der Waals surface area contributed by atoms with Crippen molar-refractivity contribution >= 4 is 5.97 Å². The van der Waals surface area contributed by atoms with Crippen molar-refractivity contribution in [3.8, 4) is 0 Å². The van der Waals surface area contributed by atoms with Crippen molar-refractivity contribution in [2.75, 3.05) is 26.2 Å². The van der Waals surface area contributed by atoms with Crippen molar-refractivity contribution in [3.05, 3.63) is 35.9 Å². The summed E-state index contributed by atoms with van der Waals surface area (Å²) in [5.74, 6) is -0.232. The molecule has 2 unspecified atom stereocenters. The first-order chi connectivity index (χ1) is 9.66. The first-order valence-corrected chi connectivity index (χ1v) is 7.38. The van der Waals surface area contributed by atoms with Crippen LogP contribution in [0, 0.1) is 5.92 Å². The quantitative estimate of drug-likeness (QED) is 0.836. The molecule has 1 fully saturated rings. The van der Waals surface area contributed by atoms with E-state index in [2.05, 4.69) is 41.4 Å². The van der Waals surface area contributed by atoms with E-state index in [-0.39, 0.29) is 6.54 Å². The van der Waals surface area contributed by atoms with Gasteiger partial charge in [-0.15, -0.1) is 0 Å². The van der Waals surface area contributed by atoms with Crippen LogP contribution in [0.2, 0.25) is 0 Å². The number of carboxylic acids is 1. The Hall–Kier alpha value is -1.39. The molecule has 0 aromatic heterocycles. The Labute approximate surface area is 120 Å². The average Bonchev–Trinajstić information content (AvgIpc) is 2.47. The second-order valence-corrected chi connectivity index (χ2v) is 5.61. The molecule has 0 spiro atoms. The number of rotatable bonds is 6. The SMILES string of the molecule is CC(c1ccccc1)N1CCCC(CNCC(=O)O)C1. The Bertz CT molecular complexity index is 422. The number of nitrogens with one attached hydrogen (secondary N) is 1. The van der Waals surface area contributed by atoms with Gasteiger partial charge in [0.05, 0.1) is 6.54 Å². The Morgan fingerprint density at radius 3 is 2.90 bits per heavy atom. The summed E-state index contributed by atoms with van der Waals surface area (Å²) in [5.41, 5.74) is 1.35. The van der Waals surface area contributed by atoms with Crippen molar-refractivity contribution in [2.24, 2.45) is 5.92 Å². The second kappa shape index (κ2) is 7.41. The zero-order valence-electron chi connectivity index (χ0n) is 12.1. The van der Waals surface area contributed by atoms with E-state index < -0.39 is 5.97 Å². The molecule has 1 heterocycles. The van der Waals surface area contributed by atoms with Gasteiger partial charge in [0.2, 0.25) is 0 Å². The highest BCUT2D eigenvalue weighted by molar-refractivity contribution is 5.68. The van der Waals surface area contributed by atoms with Crippen molar-refractivity contribution in [3.63, 3.8) is 0 Å². The molecule has 2 rings (SSSR count). The first kappa shape index (κ1) is 15.0. The number of hydrogen-bond donors (Lipinski definition) is 2. The van der Waals surface area contributed by atoms with E-state index >= 15 is 0 Å². The van der Waals surface area contributed by atoms with Crippen LogP contribution in [0.3, 0.4) is 0 Å². The van der Waals surface area contributed by atoms with E-state index in [4.69, 9.17) is 5.11 Å². The number of piperidine rings is 1. The minimum absolute atomic E-state index is 0.0603. The largest absolute Gasteiger partial charge is 0.480 e. The Balaban J connectivity index is 1.85. The molecule has 4 heteroatoms. The lowest BCUT2D eigenvalue weighted by Crippen LogP contribution is -2.41. The van der Waals surface area contributed by atoms with Crippen LogP contribution in [0.4, 0.5) is 0 Å². The van der Waals surface area contributed by atoms with Crippen molar-refractivity contribution < 1.29 is 9.90 Å². The third-order valence-corrected chi connectivity index (χ3v) is 4.09. The monoisotopic (exact) mass is 276 g/mol. The van der Waals surface area contributed by atoms with Crippen molar-refractivity contribution in [1.82, 2.24) is 10.2 Å². The molecule has 4 nitrogen and oxygen atoms in total. The molecule has 1 saturated heterocycles. The molecule has 2 N–H and O–H groups in total. The highest BCUT2D eigenvalue weighted by Crippen LogP contribution is 2.26. The molecule has 0 aliphatic carbocycles. The summed E-state index contributed by atoms with van der Waals surface area (Å²) in [6, 6.07) is 11.0. The van der Waals surface area contributed by atoms with Crippen molar-refractivity contribution in [1.29, 1.82) is 0 Å². The molecule has 0 amide bonds. The Morgan fingerprint density at radius 2 is 2.20 bits per heavy atom. The normalized spacial score (nSPS) is 21.6. The van der Waals surface area contributed by atoms with Gasteiger partial charge in [-0.3, -0.25) is 9.69 Å². The van der Waals surface area contributed by atoms with Gasteiger partial charge in [-0.2, -0.15) is 0 Å². The van der Waals surface area contributed by atoms with Crippen LogP contribution < -0.4 is 5.32 Å². The highest BCUT2D eigenvalue weighted by Gasteiger charge is 2.24. The van der Waals surface area contributed by atoms with Gasteiger partial charge in [0, 0.05) is 12.6 Å². The molecule has 110 valence electrons. The molecule has 20 heavy (non-hydrogen) atoms. The summed E-state index contributed by atoms with van der Waals surface area (Å²) in [4.78, 5) is 13.0. The minimum Gasteiger partial charge on any atom is -0.480 e. The number of carboxylic acid groups (broad SMARTS) is 1. The van der Waals surface area contributed by atoms with E-state index in [0.29, 0.717) is 12.0 Å². The van der Waals surface area contributed by atoms with Crippen LogP contribution in [0.15, 0.2) is 30.3 Å². The Kier molecular flexibility index (Phi) is 5.56. The van der Waals surface area contributed by atoms with E-state index in [1.807, 2.05) is 6.07 Å². The fourth-order valence-corrected chi connectivity index (χ4v) is 2.94. The van der Waals surface area contributed by atoms with Crippen molar-refractivity contribution in [2.45, 2.75) is 25.8 Å². The van der Waals surface area contributed by atoms with Crippen LogP contribution in [0.25, 0.3) is 0 Å². The minimum atomic E-state index is -0.782. The standard InChI is InChI=1S/C16H24N2O2/c1-13(15-7-3-2-4-8-15)18-9-5-6-14(12-18)10-17-11-16(19)20/h2-4,7-8,13-14,17H,5-6,9-12H2,1H3,(H,19,20). The molecule has 1 aromatic carbocycles. The van der Waals surface area contributed by atoms with E-state index in [1.165, 1.54) is 18.4 Å². The van der Waals surface area contributed by atoms with E-state index in [1.54, 1.807) is 0 Å². The zero-order chi connectivity index (χ0) is 14.4. The van der Waals surface area contributed by atoms with Gasteiger partial charge < -0.3 is 10.4 Å². The summed E-state index contributed by atoms with van der Waals surface area (Å²) in [6.07, 6.45) is 2.38. The van der Waals surface area contributed by atoms with Crippen LogP contribution in [-0.4, -0.2) is 42.2 Å². The topological polar surface area (TPSA) is 52.6 Å². The van der Waals surface area contributed by atoms with Gasteiger partial charge in [-0.1, -0.05) is 30.3 Å². The maximum Gasteiger partial charge on any atom is 0.317 e.